The van der Waals surface area contributed by atoms with Crippen molar-refractivity contribution in [3.8, 4) is 11.4 Å². The third kappa shape index (κ3) is 6.16. The van der Waals surface area contributed by atoms with Crippen molar-refractivity contribution < 1.29 is 41.0 Å². The fraction of sp³-hybridized carbons (Fsp3) is 0.360. The van der Waals surface area contributed by atoms with Gasteiger partial charge >= 0.3 is 14.3 Å². The normalized spacial score (nSPS) is 13.9. The number of amides is 1. The molecule has 0 spiro atoms. The molecule has 11 nitrogen and oxygen atoms in total. The van der Waals surface area contributed by atoms with Crippen LogP contribution in [0.1, 0.15) is 40.9 Å². The van der Waals surface area contributed by atoms with Crippen LogP contribution in [0.25, 0.3) is 17.0 Å². The average molecular weight is 582 g/mol. The summed E-state index contributed by atoms with van der Waals surface area (Å²) in [6.07, 6.45) is -2.61. The van der Waals surface area contributed by atoms with Gasteiger partial charge in [0.15, 0.2) is 0 Å². The van der Waals surface area contributed by atoms with E-state index in [4.69, 9.17) is 9.05 Å². The van der Waals surface area contributed by atoms with Crippen LogP contribution in [0.5, 0.6) is 0 Å². The molecule has 1 aromatic carbocycles. The molecule has 214 valence electrons. The van der Waals surface area contributed by atoms with Gasteiger partial charge in [0.05, 0.1) is 20.4 Å². The van der Waals surface area contributed by atoms with Gasteiger partial charge in [-0.3, -0.25) is 9.20 Å². The molecule has 0 saturated heterocycles. The van der Waals surface area contributed by atoms with E-state index in [0.29, 0.717) is 22.6 Å². The van der Waals surface area contributed by atoms with E-state index in [0.717, 1.165) is 32.3 Å². The van der Waals surface area contributed by atoms with Crippen LogP contribution < -0.4 is 5.32 Å². The van der Waals surface area contributed by atoms with Crippen LogP contribution in [0.15, 0.2) is 47.2 Å². The summed E-state index contributed by atoms with van der Waals surface area (Å²) in [5.41, 5.74) is 0.876. The number of halogens is 3. The molecule has 0 aliphatic carbocycles. The lowest BCUT2D eigenvalue weighted by Crippen LogP contribution is -2.45. The number of nitrogens with zero attached hydrogens (tertiary/aromatic N) is 4. The number of imidazole rings is 1. The van der Waals surface area contributed by atoms with E-state index in [2.05, 4.69) is 29.5 Å². The Bertz CT molecular complexity index is 1520. The number of anilines is 1. The number of carbonyl (C=O) groups excluding carboxylic acids is 1. The SMILES string of the molecule is CO[P+](O)(OC)OC(C)(CCc1nc(-c2ccc(C)c(NC(=O)c3cnc4cc(C)ccn34)c2)no1)C(F)(F)F. The molecule has 0 fully saturated rings. The molecular weight excluding hydrogens is 554 g/mol. The topological polar surface area (TPSA) is 133 Å². The Hall–Kier alpha value is -3.42. The van der Waals surface area contributed by atoms with Crippen LogP contribution in [0.3, 0.4) is 0 Å². The summed E-state index contributed by atoms with van der Waals surface area (Å²) in [4.78, 5) is 31.6. The quantitative estimate of drug-likeness (QED) is 0.233. The van der Waals surface area contributed by atoms with E-state index in [1.807, 2.05) is 19.1 Å². The Morgan fingerprint density at radius 2 is 1.90 bits per heavy atom. The van der Waals surface area contributed by atoms with E-state index in [9.17, 15) is 22.9 Å². The Morgan fingerprint density at radius 3 is 2.58 bits per heavy atom. The zero-order valence-electron chi connectivity index (χ0n) is 22.3. The highest BCUT2D eigenvalue weighted by Gasteiger charge is 2.62. The van der Waals surface area contributed by atoms with Gasteiger partial charge in [0, 0.05) is 23.9 Å². The van der Waals surface area contributed by atoms with E-state index >= 15 is 0 Å². The first-order chi connectivity index (χ1) is 18.8. The molecule has 3 heterocycles. The van der Waals surface area contributed by atoms with Crippen molar-refractivity contribution in [3.05, 3.63) is 65.4 Å². The van der Waals surface area contributed by atoms with Crippen LogP contribution in [0.2, 0.25) is 0 Å². The number of fused-ring (bicyclic) bond motifs is 1. The number of rotatable bonds is 10. The molecule has 0 saturated carbocycles. The predicted molar refractivity (Wildman–Crippen MR) is 139 cm³/mol. The minimum absolute atomic E-state index is 0.0852. The fourth-order valence-electron chi connectivity index (χ4n) is 3.79. The standard InChI is InChI=1S/C25H27F3N5O6P/c1-15-9-11-33-19(14-29-20(33)12-15)23(34)30-18-13-17(7-6-16(18)2)22-31-21(38-32-22)8-10-24(3,25(26,27)28)39-40(35,36-4)37-5/h6-7,9,11-14,35H,8,10H2,1-5H3/p+1. The Kier molecular flexibility index (Phi) is 8.29. The predicted octanol–water partition coefficient (Wildman–Crippen LogP) is 5.49. The molecule has 0 bridgehead atoms. The zero-order valence-corrected chi connectivity index (χ0v) is 23.2. The lowest BCUT2D eigenvalue weighted by molar-refractivity contribution is -0.251. The van der Waals surface area contributed by atoms with E-state index in [-0.39, 0.29) is 24.0 Å². The molecule has 3 aromatic heterocycles. The van der Waals surface area contributed by atoms with Gasteiger partial charge in [-0.1, -0.05) is 17.3 Å². The van der Waals surface area contributed by atoms with Gasteiger partial charge in [0.25, 0.3) is 5.91 Å². The Labute approximate surface area is 227 Å². The largest absolute Gasteiger partial charge is 0.572 e. The van der Waals surface area contributed by atoms with Crippen LogP contribution in [0.4, 0.5) is 18.9 Å². The first-order valence-electron chi connectivity index (χ1n) is 12.0. The summed E-state index contributed by atoms with van der Waals surface area (Å²) in [5.74, 6) is -0.354. The van der Waals surface area contributed by atoms with Gasteiger partial charge in [0.2, 0.25) is 17.3 Å². The average Bonchev–Trinajstić information content (AvgIpc) is 3.55. The molecule has 4 rings (SSSR count). The van der Waals surface area contributed by atoms with Gasteiger partial charge in [-0.05, 0) is 56.5 Å². The number of hydrogen-bond donors (Lipinski definition) is 2. The number of carbonyl (C=O) groups is 1. The van der Waals surface area contributed by atoms with Crippen LogP contribution in [0, 0.1) is 13.8 Å². The number of aryl methyl sites for hydroxylation is 3. The molecule has 40 heavy (non-hydrogen) atoms. The molecule has 15 heteroatoms. The minimum atomic E-state index is -4.87. The lowest BCUT2D eigenvalue weighted by Gasteiger charge is -2.30. The van der Waals surface area contributed by atoms with Crippen molar-refractivity contribution in [2.24, 2.45) is 0 Å². The molecule has 1 unspecified atom stereocenters. The molecular formula is C25H28F3N5O6P+. The van der Waals surface area contributed by atoms with Crippen molar-refractivity contribution in [2.45, 2.75) is 45.4 Å². The zero-order chi connectivity index (χ0) is 29.3. The monoisotopic (exact) mass is 582 g/mol. The van der Waals surface area contributed by atoms with Gasteiger partial charge < -0.3 is 9.84 Å². The van der Waals surface area contributed by atoms with Crippen LogP contribution >= 0.6 is 8.17 Å². The third-order valence-corrected chi connectivity index (χ3v) is 7.86. The summed E-state index contributed by atoms with van der Waals surface area (Å²) in [7, 11) is -2.23. The summed E-state index contributed by atoms with van der Waals surface area (Å²) >= 11 is 0. The minimum Gasteiger partial charge on any atom is -0.339 e. The third-order valence-electron chi connectivity index (χ3n) is 6.31. The second kappa shape index (κ2) is 11.2. The lowest BCUT2D eigenvalue weighted by atomic mass is 10.00. The summed E-state index contributed by atoms with van der Waals surface area (Å²) in [5, 5.41) is 6.74. The maximum Gasteiger partial charge on any atom is 0.572 e. The summed E-state index contributed by atoms with van der Waals surface area (Å²) < 4.78 is 62.5. The number of hydrogen-bond acceptors (Lipinski definition) is 9. The van der Waals surface area contributed by atoms with Crippen LogP contribution in [-0.4, -0.2) is 56.3 Å². The highest BCUT2D eigenvalue weighted by Crippen LogP contribution is 2.62. The van der Waals surface area contributed by atoms with Crippen molar-refractivity contribution in [2.75, 3.05) is 19.5 Å². The second-order valence-corrected chi connectivity index (χ2v) is 11.1. The van der Waals surface area contributed by atoms with Gasteiger partial charge in [-0.15, -0.1) is 4.52 Å². The van der Waals surface area contributed by atoms with E-state index in [1.54, 1.807) is 35.7 Å². The molecule has 1 amide bonds. The van der Waals surface area contributed by atoms with Crippen LogP contribution in [-0.2, 0) is 20.0 Å². The van der Waals surface area contributed by atoms with Gasteiger partial charge in [-0.25, -0.2) is 4.98 Å². The van der Waals surface area contributed by atoms with Crippen molar-refractivity contribution >= 4 is 25.4 Å². The summed E-state index contributed by atoms with van der Waals surface area (Å²) in [6, 6.07) is 8.80. The first-order valence-corrected chi connectivity index (χ1v) is 13.5. The van der Waals surface area contributed by atoms with E-state index in [1.165, 1.54) is 6.20 Å². The molecule has 0 radical (unpaired) electrons. The number of benzene rings is 1. The second-order valence-electron chi connectivity index (χ2n) is 9.22. The fourth-order valence-corrected chi connectivity index (χ4v) is 4.80. The number of pyridine rings is 1. The molecule has 1 atom stereocenters. The Morgan fingerprint density at radius 1 is 1.18 bits per heavy atom. The maximum absolute atomic E-state index is 13.8. The number of aromatic nitrogens is 4. The Balaban J connectivity index is 1.51. The van der Waals surface area contributed by atoms with Gasteiger partial charge in [-0.2, -0.15) is 32.1 Å². The summed E-state index contributed by atoms with van der Waals surface area (Å²) in [6.45, 7) is 4.51. The molecule has 4 aromatic rings. The molecule has 0 aliphatic rings. The maximum atomic E-state index is 13.8. The first kappa shape index (κ1) is 29.6. The smallest absolute Gasteiger partial charge is 0.339 e. The molecule has 0 aliphatic heterocycles. The van der Waals surface area contributed by atoms with Crippen molar-refractivity contribution in [1.29, 1.82) is 0 Å². The molecule has 2 N–H and O–H groups in total. The highest BCUT2D eigenvalue weighted by molar-refractivity contribution is 7.55. The van der Waals surface area contributed by atoms with Crippen molar-refractivity contribution in [1.82, 2.24) is 19.5 Å². The highest BCUT2D eigenvalue weighted by atomic mass is 31.2. The van der Waals surface area contributed by atoms with E-state index < -0.39 is 26.4 Å². The van der Waals surface area contributed by atoms with Crippen molar-refractivity contribution in [3.63, 3.8) is 0 Å². The number of alkyl halides is 3. The van der Waals surface area contributed by atoms with Gasteiger partial charge in [0.1, 0.15) is 11.3 Å². The number of nitrogens with one attached hydrogen (secondary N) is 1.